The van der Waals surface area contributed by atoms with Crippen molar-refractivity contribution < 1.29 is 4.79 Å². The molecule has 20 heavy (non-hydrogen) atoms. The van der Waals surface area contributed by atoms with E-state index >= 15 is 0 Å². The van der Waals surface area contributed by atoms with Crippen LogP contribution in [0.4, 0.5) is 4.79 Å². The van der Waals surface area contributed by atoms with Crippen LogP contribution in [-0.4, -0.2) is 43.2 Å². The van der Waals surface area contributed by atoms with Gasteiger partial charge in [-0.1, -0.05) is 26.2 Å². The second kappa shape index (κ2) is 12.0. The van der Waals surface area contributed by atoms with E-state index in [1.54, 1.807) is 0 Å². The summed E-state index contributed by atoms with van der Waals surface area (Å²) in [5, 5.41) is 5.93. The van der Waals surface area contributed by atoms with Crippen molar-refractivity contribution >= 4 is 6.03 Å². The lowest BCUT2D eigenvalue weighted by Crippen LogP contribution is -2.41. The number of amides is 2. The number of nitrogens with zero attached hydrogens (tertiary/aromatic N) is 1. The molecule has 0 aliphatic carbocycles. The SMILES string of the molecule is CCCCCC(C)NC(=O)NCCCCN(C)C(C)C. The van der Waals surface area contributed by atoms with Crippen molar-refractivity contribution in [1.29, 1.82) is 0 Å². The Kier molecular flexibility index (Phi) is 11.5. The summed E-state index contributed by atoms with van der Waals surface area (Å²) < 4.78 is 0. The van der Waals surface area contributed by atoms with Crippen LogP contribution < -0.4 is 10.6 Å². The van der Waals surface area contributed by atoms with Crippen molar-refractivity contribution in [2.24, 2.45) is 0 Å². The summed E-state index contributed by atoms with van der Waals surface area (Å²) in [6, 6.07) is 0.843. The van der Waals surface area contributed by atoms with E-state index in [1.165, 1.54) is 19.3 Å². The van der Waals surface area contributed by atoms with Crippen molar-refractivity contribution in [3.8, 4) is 0 Å². The average Bonchev–Trinajstić information content (AvgIpc) is 2.38. The van der Waals surface area contributed by atoms with Gasteiger partial charge in [0, 0.05) is 18.6 Å². The summed E-state index contributed by atoms with van der Waals surface area (Å²) in [6.07, 6.45) is 6.90. The molecule has 4 heteroatoms. The average molecular weight is 285 g/mol. The topological polar surface area (TPSA) is 44.4 Å². The number of urea groups is 1. The minimum atomic E-state index is -0.0220. The number of carbonyl (C=O) groups is 1. The van der Waals surface area contributed by atoms with Gasteiger partial charge in [0.25, 0.3) is 0 Å². The second-order valence-corrected chi connectivity index (χ2v) is 6.08. The van der Waals surface area contributed by atoms with Gasteiger partial charge in [-0.3, -0.25) is 0 Å². The first-order chi connectivity index (χ1) is 9.47. The van der Waals surface area contributed by atoms with Gasteiger partial charge in [0.2, 0.25) is 0 Å². The number of hydrogen-bond donors (Lipinski definition) is 2. The third-order valence-electron chi connectivity index (χ3n) is 3.72. The summed E-state index contributed by atoms with van der Waals surface area (Å²) in [5.41, 5.74) is 0. The highest BCUT2D eigenvalue weighted by atomic mass is 16.2. The number of rotatable bonds is 11. The third-order valence-corrected chi connectivity index (χ3v) is 3.72. The summed E-state index contributed by atoms with van der Waals surface area (Å²) in [7, 11) is 2.14. The molecule has 120 valence electrons. The Balaban J connectivity index is 3.49. The maximum atomic E-state index is 11.7. The van der Waals surface area contributed by atoms with Crippen molar-refractivity contribution in [3.63, 3.8) is 0 Å². The molecule has 0 aromatic rings. The van der Waals surface area contributed by atoms with Crippen molar-refractivity contribution in [3.05, 3.63) is 0 Å². The highest BCUT2D eigenvalue weighted by Crippen LogP contribution is 2.02. The number of unbranched alkanes of at least 4 members (excludes halogenated alkanes) is 3. The first kappa shape index (κ1) is 19.2. The zero-order chi connectivity index (χ0) is 15.4. The van der Waals surface area contributed by atoms with Crippen LogP contribution in [0.5, 0.6) is 0 Å². The summed E-state index contributed by atoms with van der Waals surface area (Å²) >= 11 is 0. The lowest BCUT2D eigenvalue weighted by atomic mass is 10.1. The lowest BCUT2D eigenvalue weighted by molar-refractivity contribution is 0.235. The van der Waals surface area contributed by atoms with Gasteiger partial charge >= 0.3 is 6.03 Å². The van der Waals surface area contributed by atoms with E-state index in [0.29, 0.717) is 6.04 Å². The molecule has 2 amide bonds. The van der Waals surface area contributed by atoms with Crippen LogP contribution in [0.3, 0.4) is 0 Å². The van der Waals surface area contributed by atoms with Gasteiger partial charge in [0.1, 0.15) is 0 Å². The van der Waals surface area contributed by atoms with Crippen LogP contribution in [0, 0.1) is 0 Å². The molecular weight excluding hydrogens is 250 g/mol. The van der Waals surface area contributed by atoms with Gasteiger partial charge in [0.05, 0.1) is 0 Å². The second-order valence-electron chi connectivity index (χ2n) is 6.08. The Bertz CT molecular complexity index is 244. The van der Waals surface area contributed by atoms with Crippen LogP contribution in [-0.2, 0) is 0 Å². The predicted molar refractivity (Wildman–Crippen MR) is 87.1 cm³/mol. The highest BCUT2D eigenvalue weighted by molar-refractivity contribution is 5.74. The molecule has 0 rings (SSSR count). The van der Waals surface area contributed by atoms with E-state index in [1.807, 2.05) is 0 Å². The van der Waals surface area contributed by atoms with Crippen molar-refractivity contribution in [2.75, 3.05) is 20.1 Å². The molecule has 2 N–H and O–H groups in total. The standard InChI is InChI=1S/C16H35N3O/c1-6-7-8-11-15(4)18-16(20)17-12-9-10-13-19(5)14(2)3/h14-15H,6-13H2,1-5H3,(H2,17,18,20). The van der Waals surface area contributed by atoms with Crippen LogP contribution in [0.25, 0.3) is 0 Å². The number of carbonyl (C=O) groups excluding carboxylic acids is 1. The maximum Gasteiger partial charge on any atom is 0.314 e. The Morgan fingerprint density at radius 3 is 2.40 bits per heavy atom. The third kappa shape index (κ3) is 11.1. The van der Waals surface area contributed by atoms with Gasteiger partial charge in [0.15, 0.2) is 0 Å². The molecule has 0 aromatic carbocycles. The van der Waals surface area contributed by atoms with E-state index in [-0.39, 0.29) is 12.1 Å². The van der Waals surface area contributed by atoms with Crippen LogP contribution in [0.2, 0.25) is 0 Å². The van der Waals surface area contributed by atoms with E-state index < -0.39 is 0 Å². The monoisotopic (exact) mass is 285 g/mol. The van der Waals surface area contributed by atoms with Gasteiger partial charge < -0.3 is 15.5 Å². The molecule has 0 heterocycles. The van der Waals surface area contributed by atoms with Crippen LogP contribution in [0.15, 0.2) is 0 Å². The molecule has 0 aromatic heterocycles. The van der Waals surface area contributed by atoms with Gasteiger partial charge in [-0.05, 0) is 53.6 Å². The zero-order valence-electron chi connectivity index (χ0n) is 14.2. The number of hydrogen-bond acceptors (Lipinski definition) is 2. The molecule has 0 saturated heterocycles. The van der Waals surface area contributed by atoms with Gasteiger partial charge in [-0.15, -0.1) is 0 Å². The fourth-order valence-corrected chi connectivity index (χ4v) is 1.99. The van der Waals surface area contributed by atoms with E-state index in [9.17, 15) is 4.79 Å². The smallest absolute Gasteiger partial charge is 0.314 e. The first-order valence-electron chi connectivity index (χ1n) is 8.22. The summed E-state index contributed by atoms with van der Waals surface area (Å²) in [6.45, 7) is 10.5. The minimum absolute atomic E-state index is 0.0220. The van der Waals surface area contributed by atoms with Gasteiger partial charge in [-0.25, -0.2) is 4.79 Å². The lowest BCUT2D eigenvalue weighted by Gasteiger charge is -2.20. The molecule has 0 radical (unpaired) electrons. The Morgan fingerprint density at radius 2 is 1.80 bits per heavy atom. The zero-order valence-corrected chi connectivity index (χ0v) is 14.2. The quantitative estimate of drug-likeness (QED) is 0.572. The first-order valence-corrected chi connectivity index (χ1v) is 8.22. The number of nitrogens with one attached hydrogen (secondary N) is 2. The molecule has 1 unspecified atom stereocenters. The predicted octanol–water partition coefficient (Wildman–Crippen LogP) is 3.37. The van der Waals surface area contributed by atoms with Crippen LogP contribution >= 0.6 is 0 Å². The Morgan fingerprint density at radius 1 is 1.10 bits per heavy atom. The van der Waals surface area contributed by atoms with E-state index in [2.05, 4.69) is 50.3 Å². The van der Waals surface area contributed by atoms with E-state index in [4.69, 9.17) is 0 Å². The molecule has 0 fully saturated rings. The molecular formula is C16H35N3O. The van der Waals surface area contributed by atoms with Crippen molar-refractivity contribution in [1.82, 2.24) is 15.5 Å². The normalized spacial score (nSPS) is 12.8. The molecule has 0 saturated carbocycles. The maximum absolute atomic E-state index is 11.7. The van der Waals surface area contributed by atoms with Gasteiger partial charge in [-0.2, -0.15) is 0 Å². The van der Waals surface area contributed by atoms with Crippen molar-refractivity contribution in [2.45, 2.75) is 78.3 Å². The minimum Gasteiger partial charge on any atom is -0.338 e. The molecule has 0 bridgehead atoms. The Labute approximate surface area is 125 Å². The molecule has 1 atom stereocenters. The largest absolute Gasteiger partial charge is 0.338 e. The fourth-order valence-electron chi connectivity index (χ4n) is 1.99. The molecule has 0 aliphatic heterocycles. The summed E-state index contributed by atoms with van der Waals surface area (Å²) in [5.74, 6) is 0. The summed E-state index contributed by atoms with van der Waals surface area (Å²) in [4.78, 5) is 14.0. The highest BCUT2D eigenvalue weighted by Gasteiger charge is 2.06. The molecule has 4 nitrogen and oxygen atoms in total. The van der Waals surface area contributed by atoms with Crippen LogP contribution in [0.1, 0.15) is 66.2 Å². The molecule has 0 aliphatic rings. The molecule has 0 spiro atoms. The fraction of sp³-hybridized carbons (Fsp3) is 0.938. The Hall–Kier alpha value is -0.770. The van der Waals surface area contributed by atoms with E-state index in [0.717, 1.165) is 32.4 Å².